The van der Waals surface area contributed by atoms with E-state index in [1.165, 1.54) is 4.90 Å². The summed E-state index contributed by atoms with van der Waals surface area (Å²) in [4.78, 5) is 24.2. The number of hydrogen-bond acceptors (Lipinski definition) is 3. The first kappa shape index (κ1) is 10.4. The fraction of sp³-hybridized carbons (Fsp3) is 0.167. The molecule has 0 N–H and O–H groups in total. The third-order valence-corrected chi connectivity index (χ3v) is 2.21. The lowest BCUT2D eigenvalue weighted by molar-refractivity contribution is -0.145. The highest BCUT2D eigenvalue weighted by atomic mass is 16.6. The Hall–Kier alpha value is -2.10. The molecule has 0 radical (unpaired) electrons. The van der Waals surface area contributed by atoms with Crippen molar-refractivity contribution < 1.29 is 14.3 Å². The summed E-state index contributed by atoms with van der Waals surface area (Å²) in [6, 6.07) is 8.95. The summed E-state index contributed by atoms with van der Waals surface area (Å²) in [7, 11) is 0. The number of benzene rings is 1. The number of carbonyl (C=O) groups is 2. The molecule has 1 fully saturated rings. The minimum atomic E-state index is -0.833. The summed E-state index contributed by atoms with van der Waals surface area (Å²) in [6.45, 7) is 3.58. The van der Waals surface area contributed by atoms with Crippen LogP contribution in [0.25, 0.3) is 0 Å². The van der Waals surface area contributed by atoms with E-state index in [2.05, 4.69) is 0 Å². The van der Waals surface area contributed by atoms with Crippen molar-refractivity contribution in [3.8, 4) is 0 Å². The molecule has 0 unspecified atom stereocenters. The van der Waals surface area contributed by atoms with Gasteiger partial charge in [-0.3, -0.25) is 4.79 Å². The highest BCUT2D eigenvalue weighted by Gasteiger charge is 2.38. The molecule has 0 atom stereocenters. The SMILES string of the molecule is CC(C)=C1OC(=O)C(=O)N1c1ccccc1. The van der Waals surface area contributed by atoms with Gasteiger partial charge in [-0.05, 0) is 31.6 Å². The van der Waals surface area contributed by atoms with Crippen LogP contribution in [0.1, 0.15) is 13.8 Å². The Bertz CT molecular complexity index is 472. The van der Waals surface area contributed by atoms with Gasteiger partial charge in [-0.1, -0.05) is 18.2 Å². The molecule has 1 aromatic carbocycles. The Morgan fingerprint density at radius 2 is 1.75 bits per heavy atom. The van der Waals surface area contributed by atoms with Crippen LogP contribution < -0.4 is 4.90 Å². The van der Waals surface area contributed by atoms with Crippen LogP contribution in [0.3, 0.4) is 0 Å². The van der Waals surface area contributed by atoms with Gasteiger partial charge in [0.15, 0.2) is 0 Å². The van der Waals surface area contributed by atoms with Gasteiger partial charge in [0, 0.05) is 0 Å². The van der Waals surface area contributed by atoms with E-state index in [1.807, 2.05) is 6.07 Å². The van der Waals surface area contributed by atoms with Gasteiger partial charge in [0.2, 0.25) is 5.88 Å². The zero-order chi connectivity index (χ0) is 11.7. The monoisotopic (exact) mass is 217 g/mol. The molecule has 0 aliphatic carbocycles. The number of amides is 1. The Kier molecular flexibility index (Phi) is 2.48. The average molecular weight is 217 g/mol. The maximum absolute atomic E-state index is 11.6. The molecule has 16 heavy (non-hydrogen) atoms. The van der Waals surface area contributed by atoms with Gasteiger partial charge >= 0.3 is 11.9 Å². The average Bonchev–Trinajstić information content (AvgIpc) is 2.57. The molecule has 1 aromatic rings. The standard InChI is InChI=1S/C12H11NO3/c1-8(2)11-13(10(14)12(15)16-11)9-6-4-3-5-7-9/h3-7H,1-2H3. The van der Waals surface area contributed by atoms with Crippen LogP contribution in [0.2, 0.25) is 0 Å². The van der Waals surface area contributed by atoms with Gasteiger partial charge in [0.1, 0.15) is 0 Å². The summed E-state index contributed by atoms with van der Waals surface area (Å²) in [5.41, 5.74) is 1.41. The molecule has 0 spiro atoms. The second-order valence-corrected chi connectivity index (χ2v) is 3.67. The summed E-state index contributed by atoms with van der Waals surface area (Å²) < 4.78 is 4.92. The Labute approximate surface area is 93.1 Å². The van der Waals surface area contributed by atoms with E-state index in [0.29, 0.717) is 11.6 Å². The predicted molar refractivity (Wildman–Crippen MR) is 58.4 cm³/mol. The lowest BCUT2D eigenvalue weighted by Gasteiger charge is -2.14. The van der Waals surface area contributed by atoms with E-state index in [9.17, 15) is 9.59 Å². The van der Waals surface area contributed by atoms with E-state index in [1.54, 1.807) is 38.1 Å². The maximum Gasteiger partial charge on any atom is 0.404 e. The molecular weight excluding hydrogens is 206 g/mol. The smallest absolute Gasteiger partial charge is 0.402 e. The lowest BCUT2D eigenvalue weighted by Crippen LogP contribution is -2.26. The molecule has 4 heteroatoms. The van der Waals surface area contributed by atoms with E-state index < -0.39 is 11.9 Å². The molecule has 0 saturated carbocycles. The molecular formula is C12H11NO3. The van der Waals surface area contributed by atoms with Crippen molar-refractivity contribution in [2.75, 3.05) is 4.90 Å². The van der Waals surface area contributed by atoms with Gasteiger partial charge < -0.3 is 4.74 Å². The maximum atomic E-state index is 11.6. The molecule has 0 bridgehead atoms. The van der Waals surface area contributed by atoms with Crippen molar-refractivity contribution in [2.24, 2.45) is 0 Å². The second kappa shape index (κ2) is 3.81. The highest BCUT2D eigenvalue weighted by Crippen LogP contribution is 2.27. The van der Waals surface area contributed by atoms with Crippen molar-refractivity contribution in [2.45, 2.75) is 13.8 Å². The Morgan fingerprint density at radius 1 is 1.12 bits per heavy atom. The largest absolute Gasteiger partial charge is 0.404 e. The quantitative estimate of drug-likeness (QED) is 0.532. The number of ether oxygens (including phenoxy) is 1. The number of anilines is 1. The minimum absolute atomic E-state index is 0.307. The van der Waals surface area contributed by atoms with Crippen LogP contribution >= 0.6 is 0 Å². The van der Waals surface area contributed by atoms with Crippen LogP contribution in [0.15, 0.2) is 41.8 Å². The molecule has 2 rings (SSSR count). The molecule has 1 amide bonds. The number of carbonyl (C=O) groups excluding carboxylic acids is 2. The zero-order valence-corrected chi connectivity index (χ0v) is 9.06. The summed E-state index contributed by atoms with van der Waals surface area (Å²) in [5, 5.41) is 0. The minimum Gasteiger partial charge on any atom is -0.402 e. The summed E-state index contributed by atoms with van der Waals surface area (Å²) >= 11 is 0. The van der Waals surface area contributed by atoms with Crippen LogP contribution in [-0.4, -0.2) is 11.9 Å². The molecule has 1 heterocycles. The van der Waals surface area contributed by atoms with E-state index in [-0.39, 0.29) is 0 Å². The van der Waals surface area contributed by atoms with Crippen LogP contribution in [0.5, 0.6) is 0 Å². The number of allylic oxidation sites excluding steroid dienone is 1. The molecule has 1 aliphatic heterocycles. The number of para-hydroxylation sites is 1. The van der Waals surface area contributed by atoms with Gasteiger partial charge in [0.25, 0.3) is 0 Å². The summed E-state index contributed by atoms with van der Waals surface area (Å²) in [5.74, 6) is -1.18. The van der Waals surface area contributed by atoms with Gasteiger partial charge in [-0.2, -0.15) is 0 Å². The first-order valence-corrected chi connectivity index (χ1v) is 4.90. The number of hydrogen-bond donors (Lipinski definition) is 0. The lowest BCUT2D eigenvalue weighted by atomic mass is 10.2. The van der Waals surface area contributed by atoms with Gasteiger partial charge in [-0.25, -0.2) is 9.69 Å². The molecule has 4 nitrogen and oxygen atoms in total. The Balaban J connectivity index is 2.50. The molecule has 0 aromatic heterocycles. The molecule has 1 aliphatic rings. The normalized spacial score (nSPS) is 15.4. The highest BCUT2D eigenvalue weighted by molar-refractivity contribution is 6.41. The molecule has 1 saturated heterocycles. The van der Waals surface area contributed by atoms with E-state index >= 15 is 0 Å². The first-order chi connectivity index (χ1) is 7.61. The number of esters is 1. The fourth-order valence-corrected chi connectivity index (χ4v) is 1.50. The van der Waals surface area contributed by atoms with Crippen molar-refractivity contribution in [3.63, 3.8) is 0 Å². The van der Waals surface area contributed by atoms with Crippen molar-refractivity contribution >= 4 is 17.6 Å². The van der Waals surface area contributed by atoms with Crippen molar-refractivity contribution in [1.29, 1.82) is 0 Å². The van der Waals surface area contributed by atoms with Crippen LogP contribution in [0.4, 0.5) is 5.69 Å². The fourth-order valence-electron chi connectivity index (χ4n) is 1.50. The van der Waals surface area contributed by atoms with E-state index in [4.69, 9.17) is 4.74 Å². The van der Waals surface area contributed by atoms with E-state index in [0.717, 1.165) is 5.57 Å². The van der Waals surface area contributed by atoms with Crippen LogP contribution in [-0.2, 0) is 14.3 Å². The number of rotatable bonds is 1. The summed E-state index contributed by atoms with van der Waals surface area (Å²) in [6.07, 6.45) is 0. The first-order valence-electron chi connectivity index (χ1n) is 4.90. The van der Waals surface area contributed by atoms with Crippen molar-refractivity contribution in [1.82, 2.24) is 0 Å². The zero-order valence-electron chi connectivity index (χ0n) is 9.06. The third-order valence-electron chi connectivity index (χ3n) is 2.21. The van der Waals surface area contributed by atoms with Gasteiger partial charge in [-0.15, -0.1) is 0 Å². The molecule has 82 valence electrons. The Morgan fingerprint density at radius 3 is 2.31 bits per heavy atom. The van der Waals surface area contributed by atoms with Crippen molar-refractivity contribution in [3.05, 3.63) is 41.8 Å². The number of cyclic esters (lactones) is 1. The topological polar surface area (TPSA) is 46.6 Å². The second-order valence-electron chi connectivity index (χ2n) is 3.67. The number of nitrogens with zero attached hydrogens (tertiary/aromatic N) is 1. The van der Waals surface area contributed by atoms with Crippen LogP contribution in [0, 0.1) is 0 Å². The predicted octanol–water partition coefficient (Wildman–Crippen LogP) is 1.83. The third kappa shape index (κ3) is 1.58. The van der Waals surface area contributed by atoms with Gasteiger partial charge in [0.05, 0.1) is 5.69 Å².